The maximum Gasteiger partial charge on any atom is 0.239 e. The molecule has 24 heavy (non-hydrogen) atoms. The first kappa shape index (κ1) is 15.0. The highest BCUT2D eigenvalue weighted by molar-refractivity contribution is 5.84. The standard InChI is InChI=1S/C17H18FN5O/c18-12-3-1-11(2-4-12)15-8-20-9-16(21-15)22-5-6-23-13(10-22)7-14(19)17(23)24/h1-4,8-9,13-14H,5-7,10,19H2. The lowest BCUT2D eigenvalue weighted by atomic mass is 10.1. The average Bonchev–Trinajstić information content (AvgIpc) is 2.89. The summed E-state index contributed by atoms with van der Waals surface area (Å²) in [6, 6.07) is 5.96. The first-order valence-corrected chi connectivity index (χ1v) is 8.01. The Morgan fingerprint density at radius 1 is 1.17 bits per heavy atom. The van der Waals surface area contributed by atoms with Crippen LogP contribution in [0.2, 0.25) is 0 Å². The van der Waals surface area contributed by atoms with Crippen LogP contribution in [0.3, 0.4) is 0 Å². The number of rotatable bonds is 2. The van der Waals surface area contributed by atoms with Crippen LogP contribution in [0.5, 0.6) is 0 Å². The van der Waals surface area contributed by atoms with Crippen LogP contribution >= 0.6 is 0 Å². The second kappa shape index (κ2) is 5.83. The van der Waals surface area contributed by atoms with Crippen molar-refractivity contribution >= 4 is 11.7 Å². The van der Waals surface area contributed by atoms with E-state index in [1.54, 1.807) is 24.5 Å². The van der Waals surface area contributed by atoms with Crippen LogP contribution in [0.4, 0.5) is 10.2 Å². The number of fused-ring (bicyclic) bond motifs is 1. The van der Waals surface area contributed by atoms with Crippen molar-refractivity contribution in [2.75, 3.05) is 24.5 Å². The molecule has 2 aromatic rings. The number of amides is 1. The van der Waals surface area contributed by atoms with E-state index in [1.165, 1.54) is 12.1 Å². The number of nitrogens with two attached hydrogens (primary N) is 1. The molecule has 124 valence electrons. The lowest BCUT2D eigenvalue weighted by molar-refractivity contribution is -0.130. The number of carbonyl (C=O) groups is 1. The molecule has 1 aromatic heterocycles. The Morgan fingerprint density at radius 2 is 1.96 bits per heavy atom. The van der Waals surface area contributed by atoms with Gasteiger partial charge in [-0.05, 0) is 30.7 Å². The van der Waals surface area contributed by atoms with Gasteiger partial charge in [0.15, 0.2) is 0 Å². The van der Waals surface area contributed by atoms with Gasteiger partial charge in [0.25, 0.3) is 0 Å². The van der Waals surface area contributed by atoms with Crippen molar-refractivity contribution in [2.24, 2.45) is 5.73 Å². The van der Waals surface area contributed by atoms with Crippen LogP contribution in [0, 0.1) is 5.82 Å². The summed E-state index contributed by atoms with van der Waals surface area (Å²) in [7, 11) is 0. The Balaban J connectivity index is 1.56. The van der Waals surface area contributed by atoms with Gasteiger partial charge in [-0.1, -0.05) is 0 Å². The maximum absolute atomic E-state index is 13.1. The zero-order valence-electron chi connectivity index (χ0n) is 13.1. The number of aromatic nitrogens is 2. The molecule has 2 atom stereocenters. The number of piperazine rings is 1. The molecule has 2 aliphatic heterocycles. The molecule has 0 spiro atoms. The van der Waals surface area contributed by atoms with Gasteiger partial charge in [0.05, 0.1) is 30.2 Å². The highest BCUT2D eigenvalue weighted by Gasteiger charge is 2.40. The SMILES string of the molecule is NC1CC2CN(c3cncc(-c4ccc(F)cc4)n3)CCN2C1=O. The second-order valence-electron chi connectivity index (χ2n) is 6.24. The fourth-order valence-corrected chi connectivity index (χ4v) is 3.43. The molecule has 0 aliphatic carbocycles. The molecule has 2 unspecified atom stereocenters. The van der Waals surface area contributed by atoms with Gasteiger partial charge in [-0.2, -0.15) is 0 Å². The highest BCUT2D eigenvalue weighted by Crippen LogP contribution is 2.26. The van der Waals surface area contributed by atoms with Crippen LogP contribution in [0.1, 0.15) is 6.42 Å². The van der Waals surface area contributed by atoms with Crippen LogP contribution in [0.15, 0.2) is 36.7 Å². The minimum absolute atomic E-state index is 0.0470. The Morgan fingerprint density at radius 3 is 2.75 bits per heavy atom. The van der Waals surface area contributed by atoms with E-state index in [-0.39, 0.29) is 23.8 Å². The van der Waals surface area contributed by atoms with Gasteiger partial charge in [-0.3, -0.25) is 9.78 Å². The largest absolute Gasteiger partial charge is 0.351 e. The smallest absolute Gasteiger partial charge is 0.239 e. The number of nitrogens with zero attached hydrogens (tertiary/aromatic N) is 4. The molecule has 4 rings (SSSR count). The molecule has 6 nitrogen and oxygen atoms in total. The van der Waals surface area contributed by atoms with Crippen LogP contribution in [-0.2, 0) is 4.79 Å². The summed E-state index contributed by atoms with van der Waals surface area (Å²) < 4.78 is 13.1. The van der Waals surface area contributed by atoms with Crippen molar-refractivity contribution in [3.63, 3.8) is 0 Å². The number of benzene rings is 1. The fraction of sp³-hybridized carbons (Fsp3) is 0.353. The van der Waals surface area contributed by atoms with Crippen LogP contribution < -0.4 is 10.6 Å². The van der Waals surface area contributed by atoms with E-state index in [0.717, 1.165) is 11.4 Å². The normalized spacial score (nSPS) is 23.5. The molecule has 7 heteroatoms. The average molecular weight is 327 g/mol. The van der Waals surface area contributed by atoms with E-state index < -0.39 is 0 Å². The topological polar surface area (TPSA) is 75.3 Å². The first-order chi connectivity index (χ1) is 11.6. The summed E-state index contributed by atoms with van der Waals surface area (Å²) in [4.78, 5) is 24.9. The molecular weight excluding hydrogens is 309 g/mol. The Labute approximate surface area is 139 Å². The molecule has 2 aliphatic rings. The van der Waals surface area contributed by atoms with Crippen molar-refractivity contribution in [1.29, 1.82) is 0 Å². The van der Waals surface area contributed by atoms with Gasteiger partial charge in [0.2, 0.25) is 5.91 Å². The molecule has 1 aromatic carbocycles. The summed E-state index contributed by atoms with van der Waals surface area (Å²) in [5.74, 6) is 0.538. The third-order valence-corrected chi connectivity index (χ3v) is 4.69. The van der Waals surface area contributed by atoms with Crippen LogP contribution in [0.25, 0.3) is 11.3 Å². The quantitative estimate of drug-likeness (QED) is 0.892. The van der Waals surface area contributed by atoms with Gasteiger partial charge >= 0.3 is 0 Å². The third-order valence-electron chi connectivity index (χ3n) is 4.69. The number of carbonyl (C=O) groups excluding carboxylic acids is 1. The van der Waals surface area contributed by atoms with E-state index in [1.807, 2.05) is 4.90 Å². The van der Waals surface area contributed by atoms with Crippen LogP contribution in [-0.4, -0.2) is 52.5 Å². The molecule has 2 N–H and O–H groups in total. The number of anilines is 1. The van der Waals surface area contributed by atoms with E-state index in [4.69, 9.17) is 5.73 Å². The van der Waals surface area contributed by atoms with Crippen molar-refractivity contribution in [3.05, 3.63) is 42.5 Å². The Kier molecular flexibility index (Phi) is 3.65. The van der Waals surface area contributed by atoms with E-state index in [2.05, 4.69) is 14.9 Å². The second-order valence-corrected chi connectivity index (χ2v) is 6.24. The molecule has 0 saturated carbocycles. The lowest BCUT2D eigenvalue weighted by Crippen LogP contribution is -2.52. The summed E-state index contributed by atoms with van der Waals surface area (Å²) >= 11 is 0. The van der Waals surface area contributed by atoms with Crippen molar-refractivity contribution in [1.82, 2.24) is 14.9 Å². The van der Waals surface area contributed by atoms with Gasteiger partial charge in [-0.15, -0.1) is 0 Å². The lowest BCUT2D eigenvalue weighted by Gasteiger charge is -2.37. The number of hydrogen-bond acceptors (Lipinski definition) is 5. The minimum atomic E-state index is -0.383. The van der Waals surface area contributed by atoms with E-state index in [0.29, 0.717) is 31.7 Å². The summed E-state index contributed by atoms with van der Waals surface area (Å²) in [5.41, 5.74) is 7.39. The zero-order chi connectivity index (χ0) is 16.7. The molecule has 3 heterocycles. The molecule has 0 bridgehead atoms. The predicted octanol–water partition coefficient (Wildman–Crippen LogP) is 1.03. The van der Waals surface area contributed by atoms with E-state index in [9.17, 15) is 9.18 Å². The van der Waals surface area contributed by atoms with Gasteiger partial charge in [-0.25, -0.2) is 9.37 Å². The highest BCUT2D eigenvalue weighted by atomic mass is 19.1. The van der Waals surface area contributed by atoms with Gasteiger partial charge in [0.1, 0.15) is 11.6 Å². The molecule has 2 saturated heterocycles. The molecule has 1 amide bonds. The van der Waals surface area contributed by atoms with Gasteiger partial charge < -0.3 is 15.5 Å². The monoisotopic (exact) mass is 327 g/mol. The van der Waals surface area contributed by atoms with E-state index >= 15 is 0 Å². The molecule has 0 radical (unpaired) electrons. The third kappa shape index (κ3) is 2.60. The first-order valence-electron chi connectivity index (χ1n) is 8.01. The van der Waals surface area contributed by atoms with Gasteiger partial charge in [0, 0.05) is 25.2 Å². The molecular formula is C17H18FN5O. The minimum Gasteiger partial charge on any atom is -0.351 e. The maximum atomic E-state index is 13.1. The van der Waals surface area contributed by atoms with Crippen molar-refractivity contribution < 1.29 is 9.18 Å². The number of hydrogen-bond donors (Lipinski definition) is 1. The predicted molar refractivity (Wildman–Crippen MR) is 87.7 cm³/mol. The zero-order valence-corrected chi connectivity index (χ0v) is 13.1. The Hall–Kier alpha value is -2.54. The number of halogens is 1. The fourth-order valence-electron chi connectivity index (χ4n) is 3.43. The van der Waals surface area contributed by atoms with Crippen molar-refractivity contribution in [3.8, 4) is 11.3 Å². The summed E-state index contributed by atoms with van der Waals surface area (Å²) in [5, 5.41) is 0. The summed E-state index contributed by atoms with van der Waals surface area (Å²) in [6.07, 6.45) is 4.07. The molecule has 2 fully saturated rings. The summed E-state index contributed by atoms with van der Waals surface area (Å²) in [6.45, 7) is 2.07. The Bertz CT molecular complexity index is 766. The van der Waals surface area contributed by atoms with Crippen molar-refractivity contribution in [2.45, 2.75) is 18.5 Å².